The minimum absolute atomic E-state index is 0.124. The molecule has 0 bridgehead atoms. The van der Waals surface area contributed by atoms with Crippen LogP contribution in [0, 0.1) is 17.2 Å². The van der Waals surface area contributed by atoms with Crippen molar-refractivity contribution in [1.82, 2.24) is 4.90 Å². The number of hydrogen-bond acceptors (Lipinski definition) is 3. The molecule has 174 valence electrons. The molecule has 1 aliphatic carbocycles. The van der Waals surface area contributed by atoms with Gasteiger partial charge in [-0.15, -0.1) is 0 Å². The molecule has 0 spiro atoms. The van der Waals surface area contributed by atoms with Gasteiger partial charge in [-0.1, -0.05) is 54.6 Å². The SMILES string of the molecule is COc1ccccc1CC(=O)N1CC2C(c3ccc(F)cc3)c3ccccc3CC2(C(=O)O)C1. The van der Waals surface area contributed by atoms with Crippen molar-refractivity contribution < 1.29 is 23.8 Å². The van der Waals surface area contributed by atoms with Crippen molar-refractivity contribution in [2.75, 3.05) is 20.2 Å². The fraction of sp³-hybridized carbons (Fsp3) is 0.286. The zero-order chi connectivity index (χ0) is 23.9. The van der Waals surface area contributed by atoms with Crippen molar-refractivity contribution in [2.45, 2.75) is 18.8 Å². The predicted molar refractivity (Wildman–Crippen MR) is 125 cm³/mol. The van der Waals surface area contributed by atoms with Crippen LogP contribution in [0.3, 0.4) is 0 Å². The number of carboxylic acid groups (broad SMARTS) is 1. The van der Waals surface area contributed by atoms with Gasteiger partial charge in [-0.2, -0.15) is 0 Å². The van der Waals surface area contributed by atoms with Crippen molar-refractivity contribution >= 4 is 11.9 Å². The Hall–Kier alpha value is -3.67. The lowest BCUT2D eigenvalue weighted by atomic mass is 9.60. The molecular weight excluding hydrogens is 433 g/mol. The Bertz CT molecular complexity index is 1240. The number of aliphatic carboxylic acids is 1. The van der Waals surface area contributed by atoms with Gasteiger partial charge in [0.15, 0.2) is 0 Å². The fourth-order valence-corrected chi connectivity index (χ4v) is 5.80. The van der Waals surface area contributed by atoms with Crippen LogP contribution < -0.4 is 4.74 Å². The third kappa shape index (κ3) is 3.63. The normalized spacial score (nSPS) is 23.2. The molecule has 3 unspecified atom stereocenters. The summed E-state index contributed by atoms with van der Waals surface area (Å²) in [5.41, 5.74) is 2.55. The quantitative estimate of drug-likeness (QED) is 0.618. The van der Waals surface area contributed by atoms with E-state index in [1.54, 1.807) is 24.1 Å². The highest BCUT2D eigenvalue weighted by molar-refractivity contribution is 5.84. The Morgan fingerprint density at radius 1 is 1.06 bits per heavy atom. The van der Waals surface area contributed by atoms with E-state index in [-0.39, 0.29) is 36.5 Å². The molecule has 3 aromatic carbocycles. The predicted octanol–water partition coefficient (Wildman–Crippen LogP) is 4.29. The second kappa shape index (κ2) is 8.60. The first-order valence-corrected chi connectivity index (χ1v) is 11.4. The number of para-hydroxylation sites is 1. The fourth-order valence-electron chi connectivity index (χ4n) is 5.80. The highest BCUT2D eigenvalue weighted by Crippen LogP contribution is 2.54. The average molecular weight is 460 g/mol. The van der Waals surface area contributed by atoms with Crippen molar-refractivity contribution in [3.8, 4) is 5.75 Å². The number of fused-ring (bicyclic) bond motifs is 2. The number of methoxy groups -OCH3 is 1. The smallest absolute Gasteiger partial charge is 0.312 e. The van der Waals surface area contributed by atoms with Crippen molar-refractivity contribution in [1.29, 1.82) is 0 Å². The number of carbonyl (C=O) groups is 2. The number of likely N-dealkylation sites (tertiary alicyclic amines) is 1. The average Bonchev–Trinajstić information content (AvgIpc) is 3.24. The van der Waals surface area contributed by atoms with Crippen molar-refractivity contribution in [3.63, 3.8) is 0 Å². The monoisotopic (exact) mass is 459 g/mol. The van der Waals surface area contributed by atoms with Gasteiger partial charge in [-0.3, -0.25) is 9.59 Å². The van der Waals surface area contributed by atoms with Crippen LogP contribution >= 0.6 is 0 Å². The Morgan fingerprint density at radius 3 is 2.50 bits per heavy atom. The molecule has 1 amide bonds. The lowest BCUT2D eigenvalue weighted by Crippen LogP contribution is -2.46. The summed E-state index contributed by atoms with van der Waals surface area (Å²) in [7, 11) is 1.57. The second-order valence-electron chi connectivity index (χ2n) is 9.24. The number of carbonyl (C=O) groups excluding carboxylic acids is 1. The standard InChI is InChI=1S/C28H26FNO4/c1-34-24-9-5-3-6-19(24)14-25(31)30-16-23-26(18-10-12-21(29)13-11-18)22-8-4-2-7-20(22)15-28(23,17-30)27(32)33/h2-13,23,26H,14-17H2,1H3,(H,32,33). The molecule has 2 aliphatic rings. The second-order valence-corrected chi connectivity index (χ2v) is 9.24. The van der Waals surface area contributed by atoms with Gasteiger partial charge in [-0.25, -0.2) is 4.39 Å². The van der Waals surface area contributed by atoms with Crippen LogP contribution in [-0.2, 0) is 22.4 Å². The molecular formula is C28H26FNO4. The molecule has 0 aromatic heterocycles. The highest BCUT2D eigenvalue weighted by atomic mass is 19.1. The van der Waals surface area contributed by atoms with Gasteiger partial charge in [0.25, 0.3) is 0 Å². The number of rotatable bonds is 5. The van der Waals surface area contributed by atoms with E-state index >= 15 is 0 Å². The molecule has 1 saturated heterocycles. The van der Waals surface area contributed by atoms with Gasteiger partial charge >= 0.3 is 5.97 Å². The van der Waals surface area contributed by atoms with Crippen LogP contribution in [0.5, 0.6) is 5.75 Å². The summed E-state index contributed by atoms with van der Waals surface area (Å²) >= 11 is 0. The van der Waals surface area contributed by atoms with E-state index in [1.807, 2.05) is 48.5 Å². The molecule has 0 radical (unpaired) electrons. The third-order valence-corrected chi connectivity index (χ3v) is 7.44. The molecule has 1 N–H and O–H groups in total. The van der Waals surface area contributed by atoms with E-state index in [1.165, 1.54) is 12.1 Å². The van der Waals surface area contributed by atoms with Gasteiger partial charge < -0.3 is 14.7 Å². The van der Waals surface area contributed by atoms with Crippen LogP contribution in [0.1, 0.15) is 28.2 Å². The number of nitrogens with zero attached hydrogens (tertiary/aromatic N) is 1. The van der Waals surface area contributed by atoms with Gasteiger partial charge in [0.05, 0.1) is 18.9 Å². The molecule has 5 rings (SSSR count). The number of benzene rings is 3. The summed E-state index contributed by atoms with van der Waals surface area (Å²) in [6.07, 6.45) is 0.500. The largest absolute Gasteiger partial charge is 0.496 e. The minimum Gasteiger partial charge on any atom is -0.496 e. The molecule has 5 nitrogen and oxygen atoms in total. The molecule has 3 atom stereocenters. The number of carboxylic acids is 1. The Labute approximate surface area is 197 Å². The first-order chi connectivity index (χ1) is 16.4. The molecule has 6 heteroatoms. The molecule has 1 heterocycles. The van der Waals surface area contributed by atoms with Crippen LogP contribution in [0.15, 0.2) is 72.8 Å². The number of ether oxygens (including phenoxy) is 1. The van der Waals surface area contributed by atoms with Crippen LogP contribution in [0.4, 0.5) is 4.39 Å². The van der Waals surface area contributed by atoms with E-state index in [9.17, 15) is 19.1 Å². The molecule has 0 saturated carbocycles. The maximum atomic E-state index is 13.7. The van der Waals surface area contributed by atoms with Crippen LogP contribution in [0.25, 0.3) is 0 Å². The van der Waals surface area contributed by atoms with E-state index < -0.39 is 11.4 Å². The first kappa shape index (κ1) is 22.1. The van der Waals surface area contributed by atoms with E-state index in [4.69, 9.17) is 4.74 Å². The zero-order valence-electron chi connectivity index (χ0n) is 18.9. The molecule has 1 aliphatic heterocycles. The maximum Gasteiger partial charge on any atom is 0.312 e. The lowest BCUT2D eigenvalue weighted by molar-refractivity contribution is -0.151. The van der Waals surface area contributed by atoms with E-state index in [2.05, 4.69) is 0 Å². The number of halogens is 1. The highest BCUT2D eigenvalue weighted by Gasteiger charge is 2.59. The molecule has 1 fully saturated rings. The van der Waals surface area contributed by atoms with E-state index in [0.29, 0.717) is 18.7 Å². The lowest BCUT2D eigenvalue weighted by Gasteiger charge is -2.41. The van der Waals surface area contributed by atoms with Crippen molar-refractivity contribution in [3.05, 3.63) is 101 Å². The Morgan fingerprint density at radius 2 is 1.76 bits per heavy atom. The topological polar surface area (TPSA) is 66.8 Å². The summed E-state index contributed by atoms with van der Waals surface area (Å²) in [6, 6.07) is 21.5. The zero-order valence-corrected chi connectivity index (χ0v) is 18.9. The maximum absolute atomic E-state index is 13.7. The Balaban J connectivity index is 1.54. The third-order valence-electron chi connectivity index (χ3n) is 7.44. The Kier molecular flexibility index (Phi) is 5.60. The summed E-state index contributed by atoms with van der Waals surface area (Å²) in [5.74, 6) is -1.29. The number of amides is 1. The van der Waals surface area contributed by atoms with Crippen molar-refractivity contribution in [2.24, 2.45) is 11.3 Å². The van der Waals surface area contributed by atoms with Crippen LogP contribution in [-0.4, -0.2) is 42.1 Å². The first-order valence-electron chi connectivity index (χ1n) is 11.4. The molecule has 34 heavy (non-hydrogen) atoms. The summed E-state index contributed by atoms with van der Waals surface area (Å²) in [6.45, 7) is 0.476. The van der Waals surface area contributed by atoms with Gasteiger partial charge in [0, 0.05) is 30.5 Å². The van der Waals surface area contributed by atoms with Gasteiger partial charge in [-0.05, 0) is 41.3 Å². The van der Waals surface area contributed by atoms with E-state index in [0.717, 1.165) is 22.3 Å². The number of hydrogen-bond donors (Lipinski definition) is 1. The summed E-state index contributed by atoms with van der Waals surface area (Å²) < 4.78 is 19.1. The van der Waals surface area contributed by atoms with Crippen LogP contribution in [0.2, 0.25) is 0 Å². The summed E-state index contributed by atoms with van der Waals surface area (Å²) in [5, 5.41) is 10.5. The summed E-state index contributed by atoms with van der Waals surface area (Å²) in [4.78, 5) is 27.9. The molecule has 3 aromatic rings. The minimum atomic E-state index is -1.11. The van der Waals surface area contributed by atoms with Gasteiger partial charge in [0.2, 0.25) is 5.91 Å². The van der Waals surface area contributed by atoms with Gasteiger partial charge in [0.1, 0.15) is 11.6 Å².